The van der Waals surface area contributed by atoms with E-state index in [1.165, 1.54) is 9.15 Å². The molecule has 2 aliphatic rings. The standard InChI is InChI=1S/C16H18FI/c1-4-5-14(18)9-12-8-11-6-7-13(17)10-15(11)16(12,2)3/h4-7,9-11,15H,1,8H2,2-3H3/b12-9+,14-5+. The highest BCUT2D eigenvalue weighted by Gasteiger charge is 2.44. The maximum absolute atomic E-state index is 13.4. The molecule has 18 heavy (non-hydrogen) atoms. The molecule has 2 rings (SSSR count). The lowest BCUT2D eigenvalue weighted by Gasteiger charge is -2.29. The van der Waals surface area contributed by atoms with Gasteiger partial charge in [0, 0.05) is 3.58 Å². The zero-order chi connectivity index (χ0) is 13.3. The van der Waals surface area contributed by atoms with Crippen LogP contribution in [0.3, 0.4) is 0 Å². The molecule has 0 aliphatic heterocycles. The minimum Gasteiger partial charge on any atom is -0.207 e. The van der Waals surface area contributed by atoms with E-state index in [1.807, 2.05) is 12.2 Å². The van der Waals surface area contributed by atoms with Crippen molar-refractivity contribution < 1.29 is 4.39 Å². The quantitative estimate of drug-likeness (QED) is 0.453. The van der Waals surface area contributed by atoms with Gasteiger partial charge in [0.25, 0.3) is 0 Å². The number of rotatable bonds is 2. The molecule has 0 aromatic rings. The molecule has 2 heteroatoms. The zero-order valence-electron chi connectivity index (χ0n) is 10.8. The van der Waals surface area contributed by atoms with Gasteiger partial charge in [0.15, 0.2) is 0 Å². The van der Waals surface area contributed by atoms with Crippen molar-refractivity contribution in [2.24, 2.45) is 17.3 Å². The molecule has 0 bridgehead atoms. The van der Waals surface area contributed by atoms with Crippen molar-refractivity contribution in [2.45, 2.75) is 20.3 Å². The van der Waals surface area contributed by atoms with Gasteiger partial charge in [0.05, 0.1) is 0 Å². The Kier molecular flexibility index (Phi) is 3.95. The van der Waals surface area contributed by atoms with Crippen molar-refractivity contribution in [1.29, 1.82) is 0 Å². The molecule has 0 radical (unpaired) electrons. The Balaban J connectivity index is 2.35. The van der Waals surface area contributed by atoms with E-state index in [-0.39, 0.29) is 17.2 Å². The van der Waals surface area contributed by atoms with Gasteiger partial charge in [-0.15, -0.1) is 0 Å². The van der Waals surface area contributed by atoms with Crippen molar-refractivity contribution in [3.8, 4) is 0 Å². The summed E-state index contributed by atoms with van der Waals surface area (Å²) in [5, 5.41) is 0. The molecule has 0 N–H and O–H groups in total. The molecule has 0 amide bonds. The topological polar surface area (TPSA) is 0 Å². The molecule has 0 aromatic heterocycles. The van der Waals surface area contributed by atoms with Gasteiger partial charge in [0.2, 0.25) is 0 Å². The Labute approximate surface area is 122 Å². The summed E-state index contributed by atoms with van der Waals surface area (Å²) < 4.78 is 14.6. The highest BCUT2D eigenvalue weighted by Crippen LogP contribution is 2.53. The summed E-state index contributed by atoms with van der Waals surface area (Å²) in [5.74, 6) is 0.627. The first-order valence-corrected chi connectivity index (χ1v) is 7.28. The van der Waals surface area contributed by atoms with Crippen LogP contribution in [0.2, 0.25) is 0 Å². The summed E-state index contributed by atoms with van der Waals surface area (Å²) in [6, 6.07) is 0. The smallest absolute Gasteiger partial charge is 0.119 e. The maximum atomic E-state index is 13.4. The van der Waals surface area contributed by atoms with E-state index in [2.05, 4.69) is 49.1 Å². The summed E-state index contributed by atoms with van der Waals surface area (Å²) >= 11 is 2.31. The number of allylic oxidation sites excluding steroid dienone is 9. The summed E-state index contributed by atoms with van der Waals surface area (Å²) in [5.41, 5.74) is 1.42. The van der Waals surface area contributed by atoms with Gasteiger partial charge in [0.1, 0.15) is 5.83 Å². The van der Waals surface area contributed by atoms with E-state index < -0.39 is 0 Å². The Bertz CT molecular complexity index is 477. The molecule has 0 heterocycles. The Morgan fingerprint density at radius 2 is 2.28 bits per heavy atom. The largest absolute Gasteiger partial charge is 0.207 e. The molecular formula is C16H18FI. The Morgan fingerprint density at radius 1 is 1.56 bits per heavy atom. The molecule has 0 saturated heterocycles. The number of fused-ring (bicyclic) bond motifs is 1. The van der Waals surface area contributed by atoms with Crippen molar-refractivity contribution >= 4 is 22.6 Å². The summed E-state index contributed by atoms with van der Waals surface area (Å²) in [6.45, 7) is 8.14. The van der Waals surface area contributed by atoms with Crippen LogP contribution in [-0.4, -0.2) is 0 Å². The van der Waals surface area contributed by atoms with Crippen LogP contribution in [0.15, 0.2) is 58.0 Å². The molecule has 0 nitrogen and oxygen atoms in total. The van der Waals surface area contributed by atoms with Gasteiger partial charge in [-0.25, -0.2) is 4.39 Å². The summed E-state index contributed by atoms with van der Waals surface area (Å²) in [6.07, 6.45) is 12.5. The van der Waals surface area contributed by atoms with Gasteiger partial charge in [-0.1, -0.05) is 38.2 Å². The van der Waals surface area contributed by atoms with Crippen LogP contribution < -0.4 is 0 Å². The van der Waals surface area contributed by atoms with Crippen LogP contribution in [-0.2, 0) is 0 Å². The molecule has 96 valence electrons. The van der Waals surface area contributed by atoms with E-state index in [4.69, 9.17) is 0 Å². The summed E-state index contributed by atoms with van der Waals surface area (Å²) in [4.78, 5) is 0. The van der Waals surface area contributed by atoms with Crippen LogP contribution >= 0.6 is 22.6 Å². The third kappa shape index (κ3) is 2.53. The van der Waals surface area contributed by atoms with E-state index >= 15 is 0 Å². The minimum atomic E-state index is -0.0955. The fourth-order valence-corrected chi connectivity index (χ4v) is 3.56. The van der Waals surface area contributed by atoms with Crippen LogP contribution in [0.4, 0.5) is 4.39 Å². The van der Waals surface area contributed by atoms with Crippen LogP contribution in [0.25, 0.3) is 0 Å². The van der Waals surface area contributed by atoms with E-state index in [0.717, 1.165) is 6.42 Å². The van der Waals surface area contributed by atoms with Crippen molar-refractivity contribution in [3.63, 3.8) is 0 Å². The summed E-state index contributed by atoms with van der Waals surface area (Å²) in [7, 11) is 0. The third-order valence-electron chi connectivity index (χ3n) is 4.01. The van der Waals surface area contributed by atoms with Gasteiger partial charge in [-0.05, 0) is 70.6 Å². The first-order chi connectivity index (χ1) is 8.45. The van der Waals surface area contributed by atoms with E-state index in [9.17, 15) is 4.39 Å². The predicted molar refractivity (Wildman–Crippen MR) is 84.1 cm³/mol. The third-order valence-corrected chi connectivity index (χ3v) is 4.68. The molecule has 0 aromatic carbocycles. The van der Waals surface area contributed by atoms with Crippen molar-refractivity contribution in [2.75, 3.05) is 0 Å². The fraction of sp³-hybridized carbons (Fsp3) is 0.375. The second kappa shape index (κ2) is 5.16. The predicted octanol–water partition coefficient (Wildman–Crippen LogP) is 5.50. The highest BCUT2D eigenvalue weighted by atomic mass is 127. The number of hydrogen-bond acceptors (Lipinski definition) is 0. The lowest BCUT2D eigenvalue weighted by atomic mass is 9.75. The second-order valence-electron chi connectivity index (χ2n) is 5.48. The molecule has 1 fully saturated rings. The molecule has 1 saturated carbocycles. The van der Waals surface area contributed by atoms with E-state index in [0.29, 0.717) is 5.92 Å². The van der Waals surface area contributed by atoms with Crippen LogP contribution in [0, 0.1) is 17.3 Å². The zero-order valence-corrected chi connectivity index (χ0v) is 12.9. The fourth-order valence-electron chi connectivity index (χ4n) is 2.93. The van der Waals surface area contributed by atoms with Crippen LogP contribution in [0.5, 0.6) is 0 Å². The first kappa shape index (κ1) is 13.8. The number of halogens is 2. The van der Waals surface area contributed by atoms with Gasteiger partial charge in [-0.3, -0.25) is 0 Å². The molecular weight excluding hydrogens is 338 g/mol. The molecule has 0 spiro atoms. The van der Waals surface area contributed by atoms with Gasteiger partial charge < -0.3 is 0 Å². The maximum Gasteiger partial charge on any atom is 0.119 e. The molecule has 2 aliphatic carbocycles. The SMILES string of the molecule is C=C/C=C(I)\C=C1/CC2C=CC(F)=CC2C1(C)C. The first-order valence-electron chi connectivity index (χ1n) is 6.20. The lowest BCUT2D eigenvalue weighted by molar-refractivity contribution is 0.323. The van der Waals surface area contributed by atoms with Crippen molar-refractivity contribution in [3.05, 3.63) is 58.0 Å². The average Bonchev–Trinajstić information content (AvgIpc) is 2.52. The average molecular weight is 356 g/mol. The van der Waals surface area contributed by atoms with Crippen LogP contribution in [0.1, 0.15) is 20.3 Å². The molecule has 2 atom stereocenters. The highest BCUT2D eigenvalue weighted by molar-refractivity contribution is 14.1. The minimum absolute atomic E-state index is 0.0260. The van der Waals surface area contributed by atoms with Crippen molar-refractivity contribution in [1.82, 2.24) is 0 Å². The molecule has 2 unspecified atom stereocenters. The number of hydrogen-bond donors (Lipinski definition) is 0. The monoisotopic (exact) mass is 356 g/mol. The lowest BCUT2D eigenvalue weighted by Crippen LogP contribution is -2.22. The van der Waals surface area contributed by atoms with Gasteiger partial charge >= 0.3 is 0 Å². The van der Waals surface area contributed by atoms with Gasteiger partial charge in [-0.2, -0.15) is 0 Å². The normalized spacial score (nSPS) is 32.3. The van der Waals surface area contributed by atoms with E-state index in [1.54, 1.807) is 18.2 Å². The second-order valence-corrected chi connectivity index (χ2v) is 6.73. The Hall–Kier alpha value is -0.640. The Morgan fingerprint density at radius 3 is 2.94 bits per heavy atom.